The second kappa shape index (κ2) is 5.01. The normalized spacial score (nSPS) is 12.9. The molecule has 1 heterocycles. The second-order valence-electron chi connectivity index (χ2n) is 4.24. The van der Waals surface area contributed by atoms with Crippen molar-refractivity contribution in [2.24, 2.45) is 5.92 Å². The number of nitrogens with zero attached hydrogens (tertiary/aromatic N) is 2. The molecule has 0 unspecified atom stereocenters. The molecule has 0 amide bonds. The highest BCUT2D eigenvalue weighted by Gasteiger charge is 2.09. The Balaban J connectivity index is 2.61. The Morgan fingerprint density at radius 3 is 2.67 bits per heavy atom. The van der Waals surface area contributed by atoms with Crippen LogP contribution in [-0.2, 0) is 6.54 Å². The van der Waals surface area contributed by atoms with Gasteiger partial charge < -0.3 is 5.32 Å². The van der Waals surface area contributed by atoms with Crippen molar-refractivity contribution in [3.05, 3.63) is 24.5 Å². The zero-order valence-electron chi connectivity index (χ0n) is 10.1. The van der Waals surface area contributed by atoms with Gasteiger partial charge in [-0.3, -0.25) is 4.68 Å². The number of aromatic nitrogens is 2. The van der Waals surface area contributed by atoms with E-state index in [9.17, 15) is 0 Å². The van der Waals surface area contributed by atoms with Gasteiger partial charge >= 0.3 is 0 Å². The molecule has 0 aromatic carbocycles. The minimum atomic E-state index is 0.433. The van der Waals surface area contributed by atoms with Crippen LogP contribution in [-0.4, -0.2) is 15.8 Å². The summed E-state index contributed by atoms with van der Waals surface area (Å²) in [6.45, 7) is 13.6. The van der Waals surface area contributed by atoms with E-state index in [0.717, 1.165) is 17.8 Å². The Kier molecular flexibility index (Phi) is 3.95. The number of hydrogen-bond donors (Lipinski definition) is 1. The molecule has 15 heavy (non-hydrogen) atoms. The molecule has 3 heteroatoms. The SMILES string of the molecule is C=C(N[C@H](C)C(C)C)c1cnn(CC)c1. The van der Waals surface area contributed by atoms with Gasteiger partial charge in [0.25, 0.3) is 0 Å². The van der Waals surface area contributed by atoms with Gasteiger partial charge in [0.2, 0.25) is 0 Å². The number of rotatable bonds is 5. The quantitative estimate of drug-likeness (QED) is 0.804. The summed E-state index contributed by atoms with van der Waals surface area (Å²) in [6, 6.07) is 0.433. The van der Waals surface area contributed by atoms with Gasteiger partial charge in [-0.2, -0.15) is 5.10 Å². The van der Waals surface area contributed by atoms with Gasteiger partial charge in [0.15, 0.2) is 0 Å². The van der Waals surface area contributed by atoms with E-state index in [2.05, 4.69) is 44.7 Å². The second-order valence-corrected chi connectivity index (χ2v) is 4.24. The molecule has 0 bridgehead atoms. The predicted octanol–water partition coefficient (Wildman–Crippen LogP) is 2.51. The Labute approximate surface area is 92.2 Å². The van der Waals surface area contributed by atoms with Crippen molar-refractivity contribution in [3.8, 4) is 0 Å². The Morgan fingerprint density at radius 2 is 2.20 bits per heavy atom. The summed E-state index contributed by atoms with van der Waals surface area (Å²) in [7, 11) is 0. The van der Waals surface area contributed by atoms with Gasteiger partial charge in [0.05, 0.1) is 6.20 Å². The summed E-state index contributed by atoms with van der Waals surface area (Å²) in [5.74, 6) is 0.600. The maximum atomic E-state index is 4.22. The highest BCUT2D eigenvalue weighted by molar-refractivity contribution is 5.60. The lowest BCUT2D eigenvalue weighted by molar-refractivity contribution is 0.481. The van der Waals surface area contributed by atoms with Crippen molar-refractivity contribution < 1.29 is 0 Å². The highest BCUT2D eigenvalue weighted by atomic mass is 15.3. The largest absolute Gasteiger partial charge is 0.382 e. The molecule has 0 fully saturated rings. The van der Waals surface area contributed by atoms with Gasteiger partial charge in [0, 0.05) is 30.0 Å². The first kappa shape index (κ1) is 11.8. The van der Waals surface area contributed by atoms with Crippen molar-refractivity contribution in [1.82, 2.24) is 15.1 Å². The molecule has 0 saturated carbocycles. The summed E-state index contributed by atoms with van der Waals surface area (Å²) < 4.78 is 1.90. The van der Waals surface area contributed by atoms with Gasteiger partial charge in [-0.1, -0.05) is 20.4 Å². The van der Waals surface area contributed by atoms with Crippen LogP contribution in [0.4, 0.5) is 0 Å². The van der Waals surface area contributed by atoms with E-state index in [1.54, 1.807) is 0 Å². The highest BCUT2D eigenvalue weighted by Crippen LogP contribution is 2.11. The molecule has 3 nitrogen and oxygen atoms in total. The van der Waals surface area contributed by atoms with E-state index in [0.29, 0.717) is 12.0 Å². The topological polar surface area (TPSA) is 29.9 Å². The zero-order chi connectivity index (χ0) is 11.4. The predicted molar refractivity (Wildman–Crippen MR) is 64.4 cm³/mol. The number of hydrogen-bond acceptors (Lipinski definition) is 2. The molecule has 0 radical (unpaired) electrons. The van der Waals surface area contributed by atoms with Crippen molar-refractivity contribution >= 4 is 5.70 Å². The first-order valence-corrected chi connectivity index (χ1v) is 5.52. The lowest BCUT2D eigenvalue weighted by Crippen LogP contribution is -2.28. The van der Waals surface area contributed by atoms with Gasteiger partial charge in [0.1, 0.15) is 0 Å². The molecule has 1 aromatic heterocycles. The standard InChI is InChI=1S/C12H21N3/c1-6-15-8-12(7-13-15)11(5)14-10(4)9(2)3/h7-10,14H,5-6H2,1-4H3/t10-/m1/s1. The summed E-state index contributed by atoms with van der Waals surface area (Å²) in [4.78, 5) is 0. The van der Waals surface area contributed by atoms with Crippen molar-refractivity contribution in [2.45, 2.75) is 40.3 Å². The summed E-state index contributed by atoms with van der Waals surface area (Å²) in [5.41, 5.74) is 2.03. The van der Waals surface area contributed by atoms with Gasteiger partial charge in [-0.05, 0) is 19.8 Å². The summed E-state index contributed by atoms with van der Waals surface area (Å²) in [5, 5.41) is 7.61. The molecular weight excluding hydrogens is 186 g/mol. The van der Waals surface area contributed by atoms with Gasteiger partial charge in [-0.25, -0.2) is 0 Å². The fourth-order valence-electron chi connectivity index (χ4n) is 1.22. The molecule has 84 valence electrons. The maximum absolute atomic E-state index is 4.22. The molecule has 1 N–H and O–H groups in total. The lowest BCUT2D eigenvalue weighted by atomic mass is 10.1. The minimum Gasteiger partial charge on any atom is -0.382 e. The van der Waals surface area contributed by atoms with E-state index in [1.165, 1.54) is 0 Å². The van der Waals surface area contributed by atoms with Crippen LogP contribution in [0.25, 0.3) is 5.70 Å². The third-order valence-electron chi connectivity index (χ3n) is 2.71. The van der Waals surface area contributed by atoms with Crippen LogP contribution in [0.2, 0.25) is 0 Å². The van der Waals surface area contributed by atoms with Crippen LogP contribution in [0.3, 0.4) is 0 Å². The third-order valence-corrected chi connectivity index (χ3v) is 2.71. The molecular formula is C12H21N3. The average Bonchev–Trinajstić information content (AvgIpc) is 2.65. The molecule has 1 rings (SSSR count). The van der Waals surface area contributed by atoms with Crippen molar-refractivity contribution in [1.29, 1.82) is 0 Å². The van der Waals surface area contributed by atoms with Gasteiger partial charge in [-0.15, -0.1) is 0 Å². The van der Waals surface area contributed by atoms with Crippen LogP contribution in [0.5, 0.6) is 0 Å². The monoisotopic (exact) mass is 207 g/mol. The van der Waals surface area contributed by atoms with Crippen LogP contribution in [0, 0.1) is 5.92 Å². The van der Waals surface area contributed by atoms with Crippen LogP contribution in [0.15, 0.2) is 19.0 Å². The minimum absolute atomic E-state index is 0.433. The third kappa shape index (κ3) is 3.11. The Bertz CT molecular complexity index is 325. The fourth-order valence-corrected chi connectivity index (χ4v) is 1.22. The summed E-state index contributed by atoms with van der Waals surface area (Å²) in [6.07, 6.45) is 3.87. The molecule has 0 aliphatic rings. The smallest absolute Gasteiger partial charge is 0.0582 e. The van der Waals surface area contributed by atoms with E-state index < -0.39 is 0 Å². The number of nitrogens with one attached hydrogen (secondary N) is 1. The van der Waals surface area contributed by atoms with Crippen LogP contribution < -0.4 is 5.32 Å². The Hall–Kier alpha value is -1.25. The lowest BCUT2D eigenvalue weighted by Gasteiger charge is -2.19. The van der Waals surface area contributed by atoms with Crippen molar-refractivity contribution in [3.63, 3.8) is 0 Å². The molecule has 1 aromatic rings. The first-order valence-electron chi connectivity index (χ1n) is 5.52. The molecule has 0 aliphatic heterocycles. The number of aryl methyl sites for hydroxylation is 1. The zero-order valence-corrected chi connectivity index (χ0v) is 10.1. The molecule has 0 saturated heterocycles. The molecule has 0 spiro atoms. The van der Waals surface area contributed by atoms with E-state index in [-0.39, 0.29) is 0 Å². The van der Waals surface area contributed by atoms with Crippen molar-refractivity contribution in [2.75, 3.05) is 0 Å². The van der Waals surface area contributed by atoms with Crippen LogP contribution >= 0.6 is 0 Å². The fraction of sp³-hybridized carbons (Fsp3) is 0.583. The summed E-state index contributed by atoms with van der Waals surface area (Å²) >= 11 is 0. The maximum Gasteiger partial charge on any atom is 0.0582 e. The molecule has 1 atom stereocenters. The van der Waals surface area contributed by atoms with Crippen LogP contribution in [0.1, 0.15) is 33.3 Å². The average molecular weight is 207 g/mol. The Morgan fingerprint density at radius 1 is 1.53 bits per heavy atom. The van der Waals surface area contributed by atoms with E-state index in [1.807, 2.05) is 17.1 Å². The molecule has 0 aliphatic carbocycles. The van der Waals surface area contributed by atoms with E-state index >= 15 is 0 Å². The first-order chi connectivity index (χ1) is 7.04. The van der Waals surface area contributed by atoms with E-state index in [4.69, 9.17) is 0 Å².